The fraction of sp³-hybridized carbons (Fsp3) is 0.391. The van der Waals surface area contributed by atoms with Crippen LogP contribution in [0.5, 0.6) is 5.75 Å². The Kier molecular flexibility index (Phi) is 8.06. The van der Waals surface area contributed by atoms with E-state index < -0.39 is 24.0 Å². The van der Waals surface area contributed by atoms with E-state index in [4.69, 9.17) is 4.74 Å². The van der Waals surface area contributed by atoms with Crippen molar-refractivity contribution >= 4 is 27.7 Å². The highest BCUT2D eigenvalue weighted by Crippen LogP contribution is 2.20. The van der Waals surface area contributed by atoms with Crippen molar-refractivity contribution in [2.24, 2.45) is 0 Å². The molecule has 1 aliphatic heterocycles. The summed E-state index contributed by atoms with van der Waals surface area (Å²) in [5.41, 5.74) is 0.838. The third-order valence-corrected chi connectivity index (χ3v) is 5.88. The number of carbonyl (C=O) groups excluding carboxylic acids is 2. The maximum atomic E-state index is 12.6. The molecule has 0 spiro atoms. The summed E-state index contributed by atoms with van der Waals surface area (Å²) in [4.78, 5) is 26.4. The lowest BCUT2D eigenvalue weighted by atomic mass is 10.0. The minimum absolute atomic E-state index is 0.0245. The smallest absolute Gasteiger partial charge is 0.254 e. The van der Waals surface area contributed by atoms with Crippen molar-refractivity contribution in [1.82, 2.24) is 10.2 Å². The summed E-state index contributed by atoms with van der Waals surface area (Å²) in [5, 5.41) is 23.2. The number of para-hydroxylation sites is 1. The Labute approximate surface area is 190 Å². The van der Waals surface area contributed by atoms with Crippen LogP contribution in [0.1, 0.15) is 31.4 Å². The van der Waals surface area contributed by atoms with Crippen LogP contribution in [0.2, 0.25) is 0 Å². The molecule has 1 saturated heterocycles. The van der Waals surface area contributed by atoms with E-state index in [1.807, 2.05) is 54.6 Å². The molecule has 7 nitrogen and oxygen atoms in total. The number of nitrogens with zero attached hydrogens (tertiary/aromatic N) is 1. The molecule has 166 valence electrons. The molecule has 0 bridgehead atoms. The van der Waals surface area contributed by atoms with Gasteiger partial charge in [0.2, 0.25) is 0 Å². The maximum Gasteiger partial charge on any atom is 0.254 e. The average molecular weight is 491 g/mol. The number of piperidine rings is 1. The topological polar surface area (TPSA) is 99.1 Å². The Morgan fingerprint density at radius 3 is 2.26 bits per heavy atom. The lowest BCUT2D eigenvalue weighted by molar-refractivity contribution is -0.154. The summed E-state index contributed by atoms with van der Waals surface area (Å²) in [7, 11) is 0. The fourth-order valence-corrected chi connectivity index (χ4v) is 3.75. The molecule has 0 saturated carbocycles. The van der Waals surface area contributed by atoms with Crippen LogP contribution in [-0.2, 0) is 9.59 Å². The first kappa shape index (κ1) is 23.2. The second kappa shape index (κ2) is 10.7. The molecule has 31 heavy (non-hydrogen) atoms. The van der Waals surface area contributed by atoms with Crippen molar-refractivity contribution in [3.05, 3.63) is 64.6 Å². The van der Waals surface area contributed by atoms with Gasteiger partial charge in [-0.25, -0.2) is 0 Å². The van der Waals surface area contributed by atoms with Gasteiger partial charge >= 0.3 is 0 Å². The van der Waals surface area contributed by atoms with E-state index in [1.165, 1.54) is 4.90 Å². The minimum Gasteiger partial charge on any atom is -0.490 e. The van der Waals surface area contributed by atoms with Crippen LogP contribution in [-0.4, -0.2) is 58.3 Å². The first-order chi connectivity index (χ1) is 14.8. The number of amides is 2. The summed E-state index contributed by atoms with van der Waals surface area (Å²) in [5.74, 6) is -0.671. The average Bonchev–Trinajstić information content (AvgIpc) is 2.79. The van der Waals surface area contributed by atoms with Crippen LogP contribution in [0, 0.1) is 0 Å². The molecule has 3 atom stereocenters. The van der Waals surface area contributed by atoms with Gasteiger partial charge in [0.25, 0.3) is 11.8 Å². The van der Waals surface area contributed by atoms with Crippen LogP contribution in [0.25, 0.3) is 0 Å². The monoisotopic (exact) mass is 490 g/mol. The van der Waals surface area contributed by atoms with E-state index in [0.29, 0.717) is 25.9 Å². The normalized spacial score (nSPS) is 17.5. The molecule has 0 aliphatic carbocycles. The number of carbonyl (C=O) groups is 2. The van der Waals surface area contributed by atoms with Gasteiger partial charge in [-0.3, -0.25) is 9.59 Å². The van der Waals surface area contributed by atoms with Crippen molar-refractivity contribution in [3.63, 3.8) is 0 Å². The standard InChI is InChI=1S/C23H27BrN2O5/c1-15(16-7-9-17(24)10-8-16)25-22(29)20(27)21(28)23(30)26-13-11-19(12-14-26)31-18-5-3-2-4-6-18/h2-10,15,19-21,27-28H,11-14H2,1H3,(H,25,29)/t15-,20-,21-/m1/s1. The largest absolute Gasteiger partial charge is 0.490 e. The number of hydrogen-bond donors (Lipinski definition) is 3. The van der Waals surface area contributed by atoms with E-state index in [9.17, 15) is 19.8 Å². The van der Waals surface area contributed by atoms with E-state index in [2.05, 4.69) is 21.2 Å². The molecule has 1 aliphatic rings. The highest BCUT2D eigenvalue weighted by molar-refractivity contribution is 9.10. The zero-order valence-electron chi connectivity index (χ0n) is 17.3. The third-order valence-electron chi connectivity index (χ3n) is 5.35. The molecule has 2 aromatic rings. The van der Waals surface area contributed by atoms with Crippen molar-refractivity contribution in [2.75, 3.05) is 13.1 Å². The second-order valence-corrected chi connectivity index (χ2v) is 8.54. The van der Waals surface area contributed by atoms with Gasteiger partial charge in [0.15, 0.2) is 12.2 Å². The van der Waals surface area contributed by atoms with Crippen LogP contribution in [0.4, 0.5) is 0 Å². The summed E-state index contributed by atoms with van der Waals surface area (Å²) in [6, 6.07) is 16.4. The third kappa shape index (κ3) is 6.29. The van der Waals surface area contributed by atoms with E-state index in [-0.39, 0.29) is 12.1 Å². The van der Waals surface area contributed by atoms with Crippen LogP contribution >= 0.6 is 15.9 Å². The number of hydrogen-bond acceptors (Lipinski definition) is 5. The van der Waals surface area contributed by atoms with Gasteiger partial charge in [-0.2, -0.15) is 0 Å². The van der Waals surface area contributed by atoms with Gasteiger partial charge in [0.1, 0.15) is 11.9 Å². The van der Waals surface area contributed by atoms with Gasteiger partial charge in [0.05, 0.1) is 6.04 Å². The van der Waals surface area contributed by atoms with Gasteiger partial charge in [0, 0.05) is 30.4 Å². The first-order valence-electron chi connectivity index (χ1n) is 10.3. The highest BCUT2D eigenvalue weighted by atomic mass is 79.9. The number of aliphatic hydroxyl groups is 2. The fourth-order valence-electron chi connectivity index (χ4n) is 3.48. The Balaban J connectivity index is 1.48. The molecule has 1 fully saturated rings. The molecular weight excluding hydrogens is 464 g/mol. The number of halogens is 1. The predicted octanol–water partition coefficient (Wildman–Crippen LogP) is 2.42. The van der Waals surface area contributed by atoms with Gasteiger partial charge in [-0.15, -0.1) is 0 Å². The second-order valence-electron chi connectivity index (χ2n) is 7.63. The lowest BCUT2D eigenvalue weighted by Gasteiger charge is -2.34. The molecule has 3 rings (SSSR count). The van der Waals surface area contributed by atoms with E-state index in [0.717, 1.165) is 15.8 Å². The number of nitrogens with one attached hydrogen (secondary N) is 1. The van der Waals surface area contributed by atoms with Crippen molar-refractivity contribution in [3.8, 4) is 5.75 Å². The SMILES string of the molecule is C[C@@H](NC(=O)[C@H](O)[C@@H](O)C(=O)N1CCC(Oc2ccccc2)CC1)c1ccc(Br)cc1. The number of rotatable bonds is 7. The number of ether oxygens (including phenoxy) is 1. The van der Waals surface area contributed by atoms with Crippen LogP contribution in [0.3, 0.4) is 0 Å². The summed E-state index contributed by atoms with van der Waals surface area (Å²) in [6.45, 7) is 2.54. The summed E-state index contributed by atoms with van der Waals surface area (Å²) < 4.78 is 6.82. The molecule has 0 radical (unpaired) electrons. The number of likely N-dealkylation sites (tertiary alicyclic amines) is 1. The Hall–Kier alpha value is -2.42. The van der Waals surface area contributed by atoms with Crippen LogP contribution in [0.15, 0.2) is 59.1 Å². The zero-order valence-corrected chi connectivity index (χ0v) is 18.9. The molecule has 3 N–H and O–H groups in total. The molecule has 1 heterocycles. The number of aliphatic hydroxyl groups excluding tert-OH is 2. The minimum atomic E-state index is -1.84. The van der Waals surface area contributed by atoms with Gasteiger partial charge in [-0.1, -0.05) is 46.3 Å². The van der Waals surface area contributed by atoms with E-state index >= 15 is 0 Å². The Morgan fingerprint density at radius 2 is 1.65 bits per heavy atom. The molecule has 2 amide bonds. The van der Waals surface area contributed by atoms with E-state index in [1.54, 1.807) is 6.92 Å². The quantitative estimate of drug-likeness (QED) is 0.553. The lowest BCUT2D eigenvalue weighted by Crippen LogP contribution is -2.53. The zero-order chi connectivity index (χ0) is 22.4. The van der Waals surface area contributed by atoms with Gasteiger partial charge in [-0.05, 0) is 36.8 Å². The highest BCUT2D eigenvalue weighted by Gasteiger charge is 2.35. The molecule has 0 aromatic heterocycles. The molecule has 2 aromatic carbocycles. The number of benzene rings is 2. The molecule has 0 unspecified atom stereocenters. The summed E-state index contributed by atoms with van der Waals surface area (Å²) in [6.07, 6.45) is -2.47. The van der Waals surface area contributed by atoms with Gasteiger partial charge < -0.3 is 25.2 Å². The molecule has 8 heteroatoms. The molecular formula is C23H27BrN2O5. The van der Waals surface area contributed by atoms with Crippen molar-refractivity contribution in [1.29, 1.82) is 0 Å². The first-order valence-corrected chi connectivity index (χ1v) is 11.1. The van der Waals surface area contributed by atoms with Crippen molar-refractivity contribution < 1.29 is 24.5 Å². The van der Waals surface area contributed by atoms with Crippen LogP contribution < -0.4 is 10.1 Å². The Bertz CT molecular complexity index is 869. The predicted molar refractivity (Wildman–Crippen MR) is 119 cm³/mol. The van der Waals surface area contributed by atoms with Crippen molar-refractivity contribution in [2.45, 2.75) is 44.1 Å². The Morgan fingerprint density at radius 1 is 1.03 bits per heavy atom. The maximum absolute atomic E-state index is 12.6. The summed E-state index contributed by atoms with van der Waals surface area (Å²) >= 11 is 3.35.